The van der Waals surface area contributed by atoms with E-state index in [9.17, 15) is 18.0 Å². The van der Waals surface area contributed by atoms with E-state index in [1.807, 2.05) is 0 Å². The predicted octanol–water partition coefficient (Wildman–Crippen LogP) is 0.460. The summed E-state index contributed by atoms with van der Waals surface area (Å²) >= 11 is 0. The average molecular weight is 180 g/mol. The van der Waals surface area contributed by atoms with Gasteiger partial charge in [-0.05, 0) is 0 Å². The number of hydrogen-bond acceptors (Lipinski definition) is 3. The Labute approximate surface area is 66.8 Å². The summed E-state index contributed by atoms with van der Waals surface area (Å²) in [7, 11) is 1.33. The van der Waals surface area contributed by atoms with Gasteiger partial charge in [0.25, 0.3) is 6.43 Å². The standard InChI is InChI=1S/C6H7F3N2O/c1-11-2-6(9,3-12)4(10-11)5(7)8/h3,5H,2H2,1H3. The van der Waals surface area contributed by atoms with Crippen molar-refractivity contribution in [3.05, 3.63) is 0 Å². The molecule has 0 amide bonds. The molecule has 12 heavy (non-hydrogen) atoms. The maximum absolute atomic E-state index is 13.2. The van der Waals surface area contributed by atoms with Gasteiger partial charge < -0.3 is 0 Å². The first-order chi connectivity index (χ1) is 5.49. The first kappa shape index (κ1) is 9.02. The summed E-state index contributed by atoms with van der Waals surface area (Å²) in [4.78, 5) is 10.2. The smallest absolute Gasteiger partial charge is 0.282 e. The van der Waals surface area contributed by atoms with Crippen LogP contribution in [0.5, 0.6) is 0 Å². The van der Waals surface area contributed by atoms with Crippen LogP contribution in [-0.4, -0.2) is 42.7 Å². The summed E-state index contributed by atoms with van der Waals surface area (Å²) < 4.78 is 37.3. The molecular formula is C6H7F3N2O. The number of rotatable bonds is 2. The quantitative estimate of drug-likeness (QED) is 0.578. The monoisotopic (exact) mass is 180 g/mol. The number of hydrogen-bond donors (Lipinski definition) is 0. The lowest BCUT2D eigenvalue weighted by atomic mass is 10.0. The van der Waals surface area contributed by atoms with Gasteiger partial charge in [0.1, 0.15) is 0 Å². The van der Waals surface area contributed by atoms with Crippen LogP contribution in [0, 0.1) is 0 Å². The molecule has 1 rings (SSSR count). The first-order valence-electron chi connectivity index (χ1n) is 3.23. The molecule has 68 valence electrons. The van der Waals surface area contributed by atoms with E-state index in [4.69, 9.17) is 0 Å². The lowest BCUT2D eigenvalue weighted by Crippen LogP contribution is -2.40. The van der Waals surface area contributed by atoms with Crippen LogP contribution >= 0.6 is 0 Å². The molecule has 0 saturated heterocycles. The highest BCUT2D eigenvalue weighted by Gasteiger charge is 2.46. The molecule has 1 heterocycles. The predicted molar refractivity (Wildman–Crippen MR) is 36.0 cm³/mol. The summed E-state index contributed by atoms with van der Waals surface area (Å²) in [5.41, 5.74) is -3.61. The molecule has 0 aromatic heterocycles. The number of halogens is 3. The molecule has 0 fully saturated rings. The Morgan fingerprint density at radius 1 is 1.75 bits per heavy atom. The van der Waals surface area contributed by atoms with Gasteiger partial charge in [-0.1, -0.05) is 0 Å². The van der Waals surface area contributed by atoms with E-state index in [1.54, 1.807) is 0 Å². The highest BCUT2D eigenvalue weighted by molar-refractivity contribution is 6.08. The van der Waals surface area contributed by atoms with Gasteiger partial charge in [0.05, 0.1) is 6.54 Å². The Morgan fingerprint density at radius 3 is 2.67 bits per heavy atom. The fourth-order valence-electron chi connectivity index (χ4n) is 1.04. The number of carbonyl (C=O) groups excluding carboxylic acids is 1. The molecule has 0 bridgehead atoms. The molecule has 0 saturated carbocycles. The zero-order valence-corrected chi connectivity index (χ0v) is 6.30. The second kappa shape index (κ2) is 2.76. The van der Waals surface area contributed by atoms with E-state index in [0.29, 0.717) is 0 Å². The van der Waals surface area contributed by atoms with Crippen LogP contribution in [0.25, 0.3) is 0 Å². The van der Waals surface area contributed by atoms with Gasteiger partial charge in [-0.15, -0.1) is 0 Å². The van der Waals surface area contributed by atoms with E-state index in [2.05, 4.69) is 5.10 Å². The van der Waals surface area contributed by atoms with Crippen LogP contribution in [0.1, 0.15) is 0 Å². The Morgan fingerprint density at radius 2 is 2.33 bits per heavy atom. The normalized spacial score (nSPS) is 29.4. The largest absolute Gasteiger partial charge is 0.299 e. The zero-order chi connectivity index (χ0) is 9.35. The van der Waals surface area contributed by atoms with Gasteiger partial charge in [-0.2, -0.15) is 5.10 Å². The molecule has 1 unspecified atom stereocenters. The number of hydrazone groups is 1. The van der Waals surface area contributed by atoms with Crippen molar-refractivity contribution in [1.29, 1.82) is 0 Å². The number of alkyl halides is 3. The van der Waals surface area contributed by atoms with Crippen LogP contribution in [0.3, 0.4) is 0 Å². The molecule has 6 heteroatoms. The van der Waals surface area contributed by atoms with Crippen molar-refractivity contribution in [1.82, 2.24) is 5.01 Å². The Balaban J connectivity index is 2.94. The minimum absolute atomic E-state index is 0.137. The fraction of sp³-hybridized carbons (Fsp3) is 0.667. The molecule has 0 aromatic carbocycles. The van der Waals surface area contributed by atoms with E-state index in [-0.39, 0.29) is 6.29 Å². The highest BCUT2D eigenvalue weighted by Crippen LogP contribution is 2.23. The molecular weight excluding hydrogens is 173 g/mol. The van der Waals surface area contributed by atoms with Crippen LogP contribution in [0.2, 0.25) is 0 Å². The molecule has 1 aliphatic rings. The van der Waals surface area contributed by atoms with Crippen molar-refractivity contribution < 1.29 is 18.0 Å². The van der Waals surface area contributed by atoms with Crippen LogP contribution < -0.4 is 0 Å². The van der Waals surface area contributed by atoms with Crippen molar-refractivity contribution in [2.75, 3.05) is 13.6 Å². The Hall–Kier alpha value is -1.07. The van der Waals surface area contributed by atoms with E-state index in [0.717, 1.165) is 5.01 Å². The van der Waals surface area contributed by atoms with Crippen molar-refractivity contribution in [2.24, 2.45) is 5.10 Å². The second-order valence-electron chi connectivity index (χ2n) is 2.58. The second-order valence-corrected chi connectivity index (χ2v) is 2.58. The summed E-state index contributed by atoms with van der Waals surface area (Å²) in [6.45, 7) is -0.434. The van der Waals surface area contributed by atoms with Crippen LogP contribution in [-0.2, 0) is 4.79 Å². The van der Waals surface area contributed by atoms with Crippen LogP contribution in [0.15, 0.2) is 5.10 Å². The highest BCUT2D eigenvalue weighted by atomic mass is 19.3. The number of carbonyl (C=O) groups is 1. The van der Waals surface area contributed by atoms with Gasteiger partial charge in [-0.3, -0.25) is 9.80 Å². The van der Waals surface area contributed by atoms with E-state index >= 15 is 0 Å². The fourth-order valence-corrected chi connectivity index (χ4v) is 1.04. The maximum Gasteiger partial charge on any atom is 0.282 e. The van der Waals surface area contributed by atoms with Gasteiger partial charge >= 0.3 is 0 Å². The average Bonchev–Trinajstić information content (AvgIpc) is 2.27. The molecule has 1 atom stereocenters. The zero-order valence-electron chi connectivity index (χ0n) is 6.30. The number of nitrogens with zero attached hydrogens (tertiary/aromatic N) is 2. The maximum atomic E-state index is 13.2. The third kappa shape index (κ3) is 1.28. The summed E-state index contributed by atoms with van der Waals surface area (Å²) in [5, 5.41) is 4.19. The summed E-state index contributed by atoms with van der Waals surface area (Å²) in [6.07, 6.45) is -3.16. The molecule has 0 aliphatic carbocycles. The first-order valence-corrected chi connectivity index (χ1v) is 3.23. The third-order valence-corrected chi connectivity index (χ3v) is 1.56. The SMILES string of the molecule is CN1CC(F)(C=O)C(C(F)F)=N1. The lowest BCUT2D eigenvalue weighted by molar-refractivity contribution is -0.114. The lowest BCUT2D eigenvalue weighted by Gasteiger charge is -2.12. The minimum atomic E-state index is -3.02. The van der Waals surface area contributed by atoms with E-state index in [1.165, 1.54) is 7.05 Å². The van der Waals surface area contributed by atoms with Crippen molar-refractivity contribution in [3.63, 3.8) is 0 Å². The van der Waals surface area contributed by atoms with Crippen molar-refractivity contribution >= 4 is 12.0 Å². The molecule has 3 nitrogen and oxygen atoms in total. The van der Waals surface area contributed by atoms with E-state index < -0.39 is 24.4 Å². The summed E-state index contributed by atoms with van der Waals surface area (Å²) in [6, 6.07) is 0. The van der Waals surface area contributed by atoms with Gasteiger partial charge in [-0.25, -0.2) is 13.2 Å². The molecule has 1 aliphatic heterocycles. The molecule has 0 radical (unpaired) electrons. The number of aldehydes is 1. The minimum Gasteiger partial charge on any atom is -0.299 e. The van der Waals surface area contributed by atoms with Gasteiger partial charge in [0.2, 0.25) is 5.67 Å². The Bertz CT molecular complexity index is 231. The third-order valence-electron chi connectivity index (χ3n) is 1.56. The van der Waals surface area contributed by atoms with Crippen LogP contribution in [0.4, 0.5) is 13.2 Å². The topological polar surface area (TPSA) is 32.7 Å². The molecule has 0 aromatic rings. The summed E-state index contributed by atoms with van der Waals surface area (Å²) in [5.74, 6) is 0. The molecule has 0 spiro atoms. The van der Waals surface area contributed by atoms with Crippen molar-refractivity contribution in [2.45, 2.75) is 12.1 Å². The molecule has 0 N–H and O–H groups in total. The van der Waals surface area contributed by atoms with Gasteiger partial charge in [0, 0.05) is 7.05 Å². The Kier molecular flexibility index (Phi) is 2.08. The van der Waals surface area contributed by atoms with Crippen molar-refractivity contribution in [3.8, 4) is 0 Å². The van der Waals surface area contributed by atoms with Gasteiger partial charge in [0.15, 0.2) is 12.0 Å².